The van der Waals surface area contributed by atoms with E-state index >= 15 is 0 Å². The van der Waals surface area contributed by atoms with E-state index in [-0.39, 0.29) is 15.7 Å². The Hall–Kier alpha value is -2.36. The fourth-order valence-electron chi connectivity index (χ4n) is 2.07. The largest absolute Gasteiger partial charge is 0.368 e. The van der Waals surface area contributed by atoms with E-state index in [1.807, 2.05) is 0 Å². The predicted molar refractivity (Wildman–Crippen MR) is 93.3 cm³/mol. The Morgan fingerprint density at radius 2 is 1.84 bits per heavy atom. The first-order valence-corrected chi connectivity index (χ1v) is 8.83. The zero-order valence-electron chi connectivity index (χ0n) is 12.4. The molecule has 0 bridgehead atoms. The molecule has 25 heavy (non-hydrogen) atoms. The van der Waals surface area contributed by atoms with E-state index in [0.717, 1.165) is 12.1 Å². The summed E-state index contributed by atoms with van der Waals surface area (Å²) in [5.74, 6) is -0.965. The molecule has 2 rings (SSSR count). The second kappa shape index (κ2) is 7.26. The third-order valence-electron chi connectivity index (χ3n) is 3.11. The van der Waals surface area contributed by atoms with Crippen molar-refractivity contribution >= 4 is 50.5 Å². The van der Waals surface area contributed by atoms with Crippen molar-refractivity contribution in [2.45, 2.75) is 4.90 Å². The first kappa shape index (κ1) is 19.0. The van der Waals surface area contributed by atoms with Crippen LogP contribution >= 0.6 is 23.2 Å². The quantitative estimate of drug-likeness (QED) is 0.586. The Morgan fingerprint density at radius 1 is 1.20 bits per heavy atom. The molecule has 0 aliphatic carbocycles. The zero-order valence-corrected chi connectivity index (χ0v) is 14.8. The average Bonchev–Trinajstić information content (AvgIpc) is 2.53. The number of primary amides is 1. The van der Waals surface area contributed by atoms with E-state index in [1.165, 1.54) is 30.3 Å². The van der Waals surface area contributed by atoms with Crippen LogP contribution in [0.25, 0.3) is 0 Å². The van der Waals surface area contributed by atoms with Crippen LogP contribution in [0.4, 0.5) is 11.4 Å². The first-order valence-electron chi connectivity index (χ1n) is 6.64. The number of benzene rings is 2. The van der Waals surface area contributed by atoms with Gasteiger partial charge in [0.2, 0.25) is 5.91 Å². The number of nitrogens with two attached hydrogens (primary N) is 1. The van der Waals surface area contributed by atoms with Crippen LogP contribution < -0.4 is 10.0 Å². The second-order valence-electron chi connectivity index (χ2n) is 4.80. The predicted octanol–water partition coefficient (Wildman–Crippen LogP) is 2.58. The van der Waals surface area contributed by atoms with Crippen LogP contribution in [0.2, 0.25) is 10.0 Å². The van der Waals surface area contributed by atoms with Gasteiger partial charge in [0.05, 0.1) is 15.6 Å². The molecule has 0 saturated heterocycles. The molecule has 2 N–H and O–H groups in total. The molecule has 8 nitrogen and oxygen atoms in total. The van der Waals surface area contributed by atoms with Crippen LogP contribution in [0.5, 0.6) is 0 Å². The third-order valence-corrected chi connectivity index (χ3v) is 5.45. The number of nitrogens with zero attached hydrogens (tertiary/aromatic N) is 2. The molecule has 0 radical (unpaired) electrons. The minimum atomic E-state index is -4.50. The number of anilines is 1. The summed E-state index contributed by atoms with van der Waals surface area (Å²) in [6.45, 7) is -0.754. The summed E-state index contributed by atoms with van der Waals surface area (Å²) in [7, 11) is -4.50. The number of halogens is 2. The lowest BCUT2D eigenvalue weighted by atomic mass is 10.3. The van der Waals surface area contributed by atoms with E-state index in [2.05, 4.69) is 0 Å². The van der Waals surface area contributed by atoms with Crippen molar-refractivity contribution in [3.63, 3.8) is 0 Å². The van der Waals surface area contributed by atoms with Crippen molar-refractivity contribution in [1.29, 1.82) is 0 Å². The molecule has 0 aliphatic heterocycles. The lowest BCUT2D eigenvalue weighted by molar-refractivity contribution is -0.387. The van der Waals surface area contributed by atoms with E-state index in [0.29, 0.717) is 4.31 Å². The lowest BCUT2D eigenvalue weighted by Crippen LogP contribution is -2.39. The average molecular weight is 404 g/mol. The lowest BCUT2D eigenvalue weighted by Gasteiger charge is -2.24. The highest BCUT2D eigenvalue weighted by Gasteiger charge is 2.33. The van der Waals surface area contributed by atoms with Crippen LogP contribution in [0.3, 0.4) is 0 Å². The second-order valence-corrected chi connectivity index (χ2v) is 7.47. The van der Waals surface area contributed by atoms with Crippen LogP contribution in [0.15, 0.2) is 47.4 Å². The van der Waals surface area contributed by atoms with Gasteiger partial charge in [0, 0.05) is 11.1 Å². The number of hydrogen-bond acceptors (Lipinski definition) is 5. The molecular weight excluding hydrogens is 393 g/mol. The van der Waals surface area contributed by atoms with Gasteiger partial charge in [0.15, 0.2) is 4.90 Å². The van der Waals surface area contributed by atoms with Gasteiger partial charge in [-0.15, -0.1) is 0 Å². The summed E-state index contributed by atoms with van der Waals surface area (Å²) in [4.78, 5) is 21.1. The Labute approximate surface area is 152 Å². The Kier molecular flexibility index (Phi) is 5.51. The molecular formula is C14H11Cl2N3O5S. The molecule has 2 aromatic rings. The highest BCUT2D eigenvalue weighted by atomic mass is 35.5. The van der Waals surface area contributed by atoms with Gasteiger partial charge >= 0.3 is 0 Å². The molecule has 0 aromatic heterocycles. The smallest absolute Gasteiger partial charge is 0.289 e. The fourth-order valence-corrected chi connectivity index (χ4v) is 4.24. The van der Waals surface area contributed by atoms with Crippen molar-refractivity contribution in [3.8, 4) is 0 Å². The monoisotopic (exact) mass is 403 g/mol. The van der Waals surface area contributed by atoms with E-state index < -0.39 is 38.0 Å². The normalized spacial score (nSPS) is 11.1. The maximum Gasteiger partial charge on any atom is 0.289 e. The van der Waals surface area contributed by atoms with Gasteiger partial charge in [0.1, 0.15) is 6.54 Å². The molecule has 0 heterocycles. The van der Waals surface area contributed by atoms with Crippen LogP contribution in [0, 0.1) is 10.1 Å². The zero-order chi connectivity index (χ0) is 18.8. The summed E-state index contributed by atoms with van der Waals surface area (Å²) < 4.78 is 26.5. The number of nitro groups is 1. The van der Waals surface area contributed by atoms with Crippen LogP contribution in [-0.2, 0) is 14.8 Å². The highest BCUT2D eigenvalue weighted by Crippen LogP contribution is 2.34. The molecule has 0 spiro atoms. The minimum Gasteiger partial charge on any atom is -0.368 e. The molecule has 0 fully saturated rings. The topological polar surface area (TPSA) is 124 Å². The number of carbonyl (C=O) groups excluding carboxylic acids is 1. The van der Waals surface area contributed by atoms with Crippen molar-refractivity contribution in [2.24, 2.45) is 5.73 Å². The van der Waals surface area contributed by atoms with Crippen LogP contribution in [-0.4, -0.2) is 25.8 Å². The van der Waals surface area contributed by atoms with Gasteiger partial charge in [0.25, 0.3) is 15.7 Å². The van der Waals surface area contributed by atoms with E-state index in [4.69, 9.17) is 28.9 Å². The molecule has 1 amide bonds. The van der Waals surface area contributed by atoms with Gasteiger partial charge in [-0.25, -0.2) is 8.42 Å². The number of carbonyl (C=O) groups is 1. The van der Waals surface area contributed by atoms with E-state index in [9.17, 15) is 23.3 Å². The number of amides is 1. The summed E-state index contributed by atoms with van der Waals surface area (Å²) >= 11 is 11.8. The maximum absolute atomic E-state index is 13.0. The van der Waals surface area contributed by atoms with Crippen LogP contribution in [0.1, 0.15) is 0 Å². The highest BCUT2D eigenvalue weighted by molar-refractivity contribution is 7.93. The Balaban J connectivity index is 2.69. The van der Waals surface area contributed by atoms with Gasteiger partial charge in [-0.05, 0) is 24.3 Å². The van der Waals surface area contributed by atoms with E-state index in [1.54, 1.807) is 0 Å². The third kappa shape index (κ3) is 4.01. The number of para-hydroxylation sites is 1. The van der Waals surface area contributed by atoms with Gasteiger partial charge in [-0.2, -0.15) is 0 Å². The summed E-state index contributed by atoms with van der Waals surface area (Å²) in [6, 6.07) is 8.67. The maximum atomic E-state index is 13.0. The van der Waals surface area contributed by atoms with Crippen molar-refractivity contribution < 1.29 is 18.1 Å². The number of hydrogen-bond donors (Lipinski definition) is 1. The summed E-state index contributed by atoms with van der Waals surface area (Å²) in [5, 5.41) is 11.3. The number of nitro benzene ring substituents is 1. The minimum absolute atomic E-state index is 0.0593. The standard InChI is InChI=1S/C14H11Cl2N3O5S/c15-9-5-6-11(10(16)7-9)18(8-14(17)20)25(23,24)13-4-2-1-3-12(13)19(21)22/h1-7H,8H2,(H2,17,20). The Bertz CT molecular complexity index is 949. The van der Waals surface area contributed by atoms with Crippen molar-refractivity contribution in [2.75, 3.05) is 10.8 Å². The van der Waals surface area contributed by atoms with Gasteiger partial charge in [-0.1, -0.05) is 35.3 Å². The van der Waals surface area contributed by atoms with Crippen molar-refractivity contribution in [1.82, 2.24) is 0 Å². The van der Waals surface area contributed by atoms with Crippen molar-refractivity contribution in [3.05, 3.63) is 62.6 Å². The first-order chi connectivity index (χ1) is 11.6. The number of sulfonamides is 1. The summed E-state index contributed by atoms with van der Waals surface area (Å²) in [5.41, 5.74) is 4.42. The molecule has 0 unspecified atom stereocenters. The molecule has 132 valence electrons. The molecule has 0 aliphatic rings. The fraction of sp³-hybridized carbons (Fsp3) is 0.0714. The number of rotatable bonds is 6. The van der Waals surface area contributed by atoms with Gasteiger partial charge in [-0.3, -0.25) is 19.2 Å². The molecule has 2 aromatic carbocycles. The van der Waals surface area contributed by atoms with Gasteiger partial charge < -0.3 is 5.73 Å². The summed E-state index contributed by atoms with van der Waals surface area (Å²) in [6.07, 6.45) is 0. The molecule has 0 saturated carbocycles. The molecule has 0 atom stereocenters. The SMILES string of the molecule is NC(=O)CN(c1ccc(Cl)cc1Cl)S(=O)(=O)c1ccccc1[N+](=O)[O-]. The Morgan fingerprint density at radius 3 is 2.40 bits per heavy atom. The molecule has 11 heteroatoms.